The summed E-state index contributed by atoms with van der Waals surface area (Å²) < 4.78 is 0. The van der Waals surface area contributed by atoms with Crippen LogP contribution in [0.2, 0.25) is 0 Å². The Hall–Kier alpha value is -0.810. The smallest absolute Gasteiger partial charge is 0.257 e. The first-order valence-corrected chi connectivity index (χ1v) is 18.2. The van der Waals surface area contributed by atoms with Gasteiger partial charge in [0.15, 0.2) is 0 Å². The van der Waals surface area contributed by atoms with E-state index in [-0.39, 0.29) is 23.0 Å². The van der Waals surface area contributed by atoms with Crippen LogP contribution in [0.4, 0.5) is 4.79 Å². The summed E-state index contributed by atoms with van der Waals surface area (Å²) in [7, 11) is 0. The van der Waals surface area contributed by atoms with E-state index in [4.69, 9.17) is 19.6 Å². The summed E-state index contributed by atoms with van der Waals surface area (Å²) in [6.45, 7) is 17.2. The van der Waals surface area contributed by atoms with E-state index in [1.165, 1.54) is 128 Å². The Morgan fingerprint density at radius 1 is 0.429 bits per heavy atom. The van der Waals surface area contributed by atoms with E-state index in [0.717, 1.165) is 25.7 Å². The van der Waals surface area contributed by atoms with Crippen LogP contribution >= 0.6 is 0 Å². The van der Waals surface area contributed by atoms with E-state index in [0.29, 0.717) is 0 Å². The van der Waals surface area contributed by atoms with E-state index in [1.807, 2.05) is 0 Å². The number of carbonyl (C=O) groups excluding carboxylic acids is 1. The van der Waals surface area contributed by atoms with Crippen LogP contribution in [0.1, 0.15) is 209 Å². The average Bonchev–Trinajstić information content (AvgIpc) is 2.92. The maximum Gasteiger partial charge on any atom is 0.573 e. The van der Waals surface area contributed by atoms with E-state index in [1.54, 1.807) is 0 Å². The molecule has 0 N–H and O–H groups in total. The Morgan fingerprint density at radius 3 is 0.905 bits per heavy atom. The lowest BCUT2D eigenvalue weighted by atomic mass is 9.86. The first kappa shape index (κ1) is 41.2. The standard InChI is InChI=1S/C37H74O5/c1-9-11-13-15-17-19-21-23-25-27-29-31-33(36(3,4)5)39-41-35(38)42-40-34(37(6,7)8)32-30-28-26-24-22-20-18-16-14-12-10-2/h33-34H,9-32H2,1-8H3. The van der Waals surface area contributed by atoms with Gasteiger partial charge in [-0.1, -0.05) is 197 Å². The predicted octanol–water partition coefficient (Wildman–Crippen LogP) is 13.2. The van der Waals surface area contributed by atoms with Crippen LogP contribution in [0.5, 0.6) is 0 Å². The van der Waals surface area contributed by atoms with Crippen molar-refractivity contribution in [3.05, 3.63) is 0 Å². The minimum Gasteiger partial charge on any atom is -0.257 e. The molecule has 0 saturated heterocycles. The second-order valence-electron chi connectivity index (χ2n) is 15.0. The van der Waals surface area contributed by atoms with Gasteiger partial charge in [-0.2, -0.15) is 14.6 Å². The van der Waals surface area contributed by atoms with E-state index < -0.39 is 6.16 Å². The lowest BCUT2D eigenvalue weighted by Crippen LogP contribution is -2.32. The summed E-state index contributed by atoms with van der Waals surface area (Å²) in [5.41, 5.74) is -0.273. The van der Waals surface area contributed by atoms with Crippen molar-refractivity contribution in [2.45, 2.75) is 222 Å². The van der Waals surface area contributed by atoms with Crippen molar-refractivity contribution in [3.8, 4) is 0 Å². The van der Waals surface area contributed by atoms with E-state index in [9.17, 15) is 4.79 Å². The molecule has 0 bridgehead atoms. The molecule has 0 fully saturated rings. The zero-order chi connectivity index (χ0) is 31.5. The molecule has 0 radical (unpaired) electrons. The molecule has 0 aromatic carbocycles. The summed E-state index contributed by atoms with van der Waals surface area (Å²) in [5.74, 6) is 0. The molecule has 0 aliphatic rings. The molecular weight excluding hydrogens is 524 g/mol. The third kappa shape index (κ3) is 25.7. The number of rotatable bonds is 28. The van der Waals surface area contributed by atoms with E-state index in [2.05, 4.69) is 55.4 Å². The molecule has 0 saturated carbocycles. The summed E-state index contributed by atoms with van der Waals surface area (Å²) >= 11 is 0. The van der Waals surface area contributed by atoms with Gasteiger partial charge in [-0.25, -0.2) is 0 Å². The molecular formula is C37H74O5. The molecule has 2 unspecified atom stereocenters. The molecule has 0 aromatic heterocycles. The SMILES string of the molecule is CCCCCCCCCCCCCC(OOC(=O)OOC(CCCCCCCCCCCCC)C(C)(C)C)C(C)(C)C. The van der Waals surface area contributed by atoms with Crippen molar-refractivity contribution in [1.82, 2.24) is 0 Å². The zero-order valence-corrected chi connectivity index (χ0v) is 29.7. The van der Waals surface area contributed by atoms with Gasteiger partial charge in [0.1, 0.15) is 12.2 Å². The third-order valence-electron chi connectivity index (χ3n) is 8.54. The van der Waals surface area contributed by atoms with Gasteiger partial charge < -0.3 is 0 Å². The molecule has 0 spiro atoms. The number of hydrogen-bond acceptors (Lipinski definition) is 5. The molecule has 5 nitrogen and oxygen atoms in total. The summed E-state index contributed by atoms with van der Waals surface area (Å²) in [6.07, 6.45) is 29.2. The first-order chi connectivity index (χ1) is 20.0. The van der Waals surface area contributed by atoms with Gasteiger partial charge in [0.2, 0.25) is 0 Å². The summed E-state index contributed by atoms with van der Waals surface area (Å²) in [4.78, 5) is 33.7. The van der Waals surface area contributed by atoms with Crippen molar-refractivity contribution in [3.63, 3.8) is 0 Å². The highest BCUT2D eigenvalue weighted by atomic mass is 17.3. The molecule has 5 heteroatoms. The third-order valence-corrected chi connectivity index (χ3v) is 8.54. The molecule has 0 aliphatic heterocycles. The Kier molecular flexibility index (Phi) is 26.1. The quantitative estimate of drug-likeness (QED) is 0.0509. The maximum absolute atomic E-state index is 12.3. The molecule has 0 amide bonds. The number of carbonyl (C=O) groups is 1. The zero-order valence-electron chi connectivity index (χ0n) is 29.7. The second-order valence-corrected chi connectivity index (χ2v) is 15.0. The van der Waals surface area contributed by atoms with Gasteiger partial charge in [-0.15, -0.1) is 0 Å². The Labute approximate surface area is 262 Å². The van der Waals surface area contributed by atoms with Crippen molar-refractivity contribution in [2.75, 3.05) is 0 Å². The van der Waals surface area contributed by atoms with Gasteiger partial charge in [0.25, 0.3) is 0 Å². The van der Waals surface area contributed by atoms with Crippen LogP contribution in [0, 0.1) is 10.8 Å². The van der Waals surface area contributed by atoms with Crippen molar-refractivity contribution in [1.29, 1.82) is 0 Å². The molecule has 0 aromatic rings. The summed E-state index contributed by atoms with van der Waals surface area (Å²) in [5, 5.41) is 0. The fraction of sp³-hybridized carbons (Fsp3) is 0.973. The minimum atomic E-state index is -0.920. The molecule has 0 rings (SSSR count). The summed E-state index contributed by atoms with van der Waals surface area (Å²) in [6, 6.07) is 0. The average molecular weight is 599 g/mol. The van der Waals surface area contributed by atoms with E-state index >= 15 is 0 Å². The van der Waals surface area contributed by atoms with Gasteiger partial charge >= 0.3 is 6.16 Å². The monoisotopic (exact) mass is 599 g/mol. The van der Waals surface area contributed by atoms with Crippen LogP contribution in [-0.2, 0) is 19.6 Å². The highest BCUT2D eigenvalue weighted by Crippen LogP contribution is 2.29. The molecule has 42 heavy (non-hydrogen) atoms. The van der Waals surface area contributed by atoms with Gasteiger partial charge in [-0.05, 0) is 23.7 Å². The van der Waals surface area contributed by atoms with Crippen molar-refractivity contribution in [2.24, 2.45) is 10.8 Å². The van der Waals surface area contributed by atoms with Crippen molar-refractivity contribution < 1.29 is 24.3 Å². The molecule has 252 valence electrons. The number of unbranched alkanes of at least 4 members (excludes halogenated alkanes) is 20. The predicted molar refractivity (Wildman–Crippen MR) is 178 cm³/mol. The van der Waals surface area contributed by atoms with Crippen molar-refractivity contribution >= 4 is 6.16 Å². The maximum atomic E-state index is 12.3. The van der Waals surface area contributed by atoms with Crippen LogP contribution in [0.15, 0.2) is 0 Å². The largest absolute Gasteiger partial charge is 0.573 e. The fourth-order valence-electron chi connectivity index (χ4n) is 5.45. The van der Waals surface area contributed by atoms with Crippen LogP contribution < -0.4 is 0 Å². The van der Waals surface area contributed by atoms with Crippen LogP contribution in [0.25, 0.3) is 0 Å². The van der Waals surface area contributed by atoms with Crippen LogP contribution in [0.3, 0.4) is 0 Å². The fourth-order valence-corrected chi connectivity index (χ4v) is 5.45. The highest BCUT2D eigenvalue weighted by Gasteiger charge is 2.30. The van der Waals surface area contributed by atoms with Gasteiger partial charge in [0.05, 0.1) is 0 Å². The first-order valence-electron chi connectivity index (χ1n) is 18.2. The normalized spacial score (nSPS) is 13.7. The molecule has 0 heterocycles. The Balaban J connectivity index is 4.15. The second kappa shape index (κ2) is 26.6. The Morgan fingerprint density at radius 2 is 0.667 bits per heavy atom. The lowest BCUT2D eigenvalue weighted by molar-refractivity contribution is -0.363. The topological polar surface area (TPSA) is 54.0 Å². The Bertz CT molecular complexity index is 542. The van der Waals surface area contributed by atoms with Crippen LogP contribution in [-0.4, -0.2) is 18.4 Å². The molecule has 0 aliphatic carbocycles. The van der Waals surface area contributed by atoms with Gasteiger partial charge in [-0.3, -0.25) is 9.78 Å². The lowest BCUT2D eigenvalue weighted by Gasteiger charge is -2.29. The highest BCUT2D eigenvalue weighted by molar-refractivity contribution is 5.58. The molecule has 2 atom stereocenters. The minimum absolute atomic E-state index is 0.136. The van der Waals surface area contributed by atoms with Gasteiger partial charge in [0, 0.05) is 0 Å². The number of hydrogen-bond donors (Lipinski definition) is 0.